The summed E-state index contributed by atoms with van der Waals surface area (Å²) in [6.07, 6.45) is 14.6. The molecular weight excluding hydrogens is 322 g/mol. The summed E-state index contributed by atoms with van der Waals surface area (Å²) >= 11 is 0. The first kappa shape index (κ1) is 19.2. The minimum atomic E-state index is 0.450. The van der Waals surface area contributed by atoms with Crippen molar-refractivity contribution in [1.29, 1.82) is 0 Å². The predicted octanol–water partition coefficient (Wildman–Crippen LogP) is 3.58. The molecule has 2 saturated heterocycles. The number of nitrogens with zero attached hydrogens (tertiary/aromatic N) is 1. The van der Waals surface area contributed by atoms with Crippen molar-refractivity contribution in [3.8, 4) is 0 Å². The van der Waals surface area contributed by atoms with Gasteiger partial charge in [0.1, 0.15) is 0 Å². The van der Waals surface area contributed by atoms with Gasteiger partial charge in [-0.15, -0.1) is 0 Å². The molecule has 0 aromatic rings. The van der Waals surface area contributed by atoms with Gasteiger partial charge in [-0.05, 0) is 95.1 Å². The van der Waals surface area contributed by atoms with Gasteiger partial charge in [0.05, 0.1) is 12.2 Å². The summed E-state index contributed by atoms with van der Waals surface area (Å²) in [6.45, 7) is 8.47. The lowest BCUT2D eigenvalue weighted by Gasteiger charge is -2.37. The van der Waals surface area contributed by atoms with Crippen molar-refractivity contribution in [3.05, 3.63) is 0 Å². The van der Waals surface area contributed by atoms with Crippen molar-refractivity contribution < 1.29 is 4.74 Å². The first-order valence-corrected chi connectivity index (χ1v) is 11.6. The van der Waals surface area contributed by atoms with Crippen LogP contribution in [0.1, 0.15) is 71.1 Å². The number of fused-ring (bicyclic) bond motifs is 6. The van der Waals surface area contributed by atoms with Crippen LogP contribution in [0.5, 0.6) is 0 Å². The average Bonchev–Trinajstić information content (AvgIpc) is 3.08. The predicted molar refractivity (Wildman–Crippen MR) is 107 cm³/mol. The first-order valence-electron chi connectivity index (χ1n) is 11.6. The molecule has 0 aromatic heterocycles. The Bertz CT molecular complexity index is 432. The number of nitrogens with one attached hydrogen (secondary N) is 2. The van der Waals surface area contributed by atoms with Crippen molar-refractivity contribution in [2.75, 3.05) is 32.7 Å². The van der Waals surface area contributed by atoms with Crippen LogP contribution in [-0.4, -0.2) is 49.9 Å². The summed E-state index contributed by atoms with van der Waals surface area (Å²) in [7, 11) is 0. The molecule has 0 radical (unpaired) electrons. The number of hydrazine groups is 1. The summed E-state index contributed by atoms with van der Waals surface area (Å²) in [5.74, 6) is 3.33. The third-order valence-corrected chi connectivity index (χ3v) is 7.59. The maximum Gasteiger partial charge on any atom is 0.0582 e. The van der Waals surface area contributed by atoms with E-state index in [-0.39, 0.29) is 0 Å². The molecule has 4 nitrogen and oxygen atoms in total. The number of hydrogen-bond donors (Lipinski definition) is 2. The number of ether oxygens (including phenoxy) is 1. The lowest BCUT2D eigenvalue weighted by atomic mass is 9.78. The van der Waals surface area contributed by atoms with E-state index >= 15 is 0 Å². The van der Waals surface area contributed by atoms with E-state index in [0.717, 1.165) is 23.7 Å². The van der Waals surface area contributed by atoms with Gasteiger partial charge in [0.15, 0.2) is 0 Å². The second-order valence-corrected chi connectivity index (χ2v) is 9.77. The van der Waals surface area contributed by atoms with Crippen molar-refractivity contribution >= 4 is 0 Å². The second kappa shape index (κ2) is 9.36. The third-order valence-electron chi connectivity index (χ3n) is 7.59. The van der Waals surface area contributed by atoms with E-state index in [0.29, 0.717) is 12.2 Å². The summed E-state index contributed by atoms with van der Waals surface area (Å²) < 4.78 is 6.65. The van der Waals surface area contributed by atoms with Crippen molar-refractivity contribution in [2.45, 2.75) is 83.3 Å². The standard InChI is InChI=1S/C22H41N3O/c1-17-21-8-2-5-18(11-21)13-23-10-4-7-20-14-24-25(16-20)15-19-6-3-9-22(12-19)26-17/h17-24H,2-16H2,1H3/t17-,18?,19?,20?,21?,22?/m1/s1. The minimum Gasteiger partial charge on any atom is -0.375 e. The van der Waals surface area contributed by atoms with Crippen LogP contribution in [0, 0.1) is 23.7 Å². The molecule has 150 valence electrons. The maximum absolute atomic E-state index is 6.65. The van der Waals surface area contributed by atoms with Crippen molar-refractivity contribution in [3.63, 3.8) is 0 Å². The Balaban J connectivity index is 1.38. The van der Waals surface area contributed by atoms with Gasteiger partial charge in [0.2, 0.25) is 0 Å². The second-order valence-electron chi connectivity index (χ2n) is 9.77. The smallest absolute Gasteiger partial charge is 0.0582 e. The van der Waals surface area contributed by atoms with Gasteiger partial charge < -0.3 is 10.1 Å². The van der Waals surface area contributed by atoms with E-state index in [1.165, 1.54) is 96.9 Å². The highest BCUT2D eigenvalue weighted by atomic mass is 16.5. The van der Waals surface area contributed by atoms with E-state index in [1.54, 1.807) is 0 Å². The van der Waals surface area contributed by atoms with Gasteiger partial charge in [-0.3, -0.25) is 5.43 Å². The summed E-state index contributed by atoms with van der Waals surface area (Å²) in [4.78, 5) is 0. The van der Waals surface area contributed by atoms with E-state index in [2.05, 4.69) is 22.7 Å². The molecule has 2 saturated carbocycles. The summed E-state index contributed by atoms with van der Waals surface area (Å²) in [5, 5.41) is 6.30. The SMILES string of the molecule is C[C@H]1OC2CCCC(C2)CN2CC(CCCNCC3CCCC1C3)CN2. The molecule has 4 rings (SSSR count). The summed E-state index contributed by atoms with van der Waals surface area (Å²) in [6, 6.07) is 0. The molecule has 7 atom stereocenters. The van der Waals surface area contributed by atoms with Gasteiger partial charge in [-0.2, -0.15) is 0 Å². The highest BCUT2D eigenvalue weighted by molar-refractivity contribution is 4.83. The average molecular weight is 364 g/mol. The van der Waals surface area contributed by atoms with Crippen molar-refractivity contribution in [2.24, 2.45) is 23.7 Å². The molecular formula is C22H41N3O. The molecule has 2 heterocycles. The zero-order valence-electron chi connectivity index (χ0n) is 16.9. The Morgan fingerprint density at radius 3 is 2.58 bits per heavy atom. The lowest BCUT2D eigenvalue weighted by molar-refractivity contribution is -0.0691. The molecule has 6 bridgehead atoms. The molecule has 2 aliphatic carbocycles. The van der Waals surface area contributed by atoms with E-state index in [9.17, 15) is 0 Å². The van der Waals surface area contributed by atoms with Crippen LogP contribution < -0.4 is 10.7 Å². The third kappa shape index (κ3) is 5.21. The lowest BCUT2D eigenvalue weighted by Crippen LogP contribution is -2.39. The van der Waals surface area contributed by atoms with Crippen LogP contribution >= 0.6 is 0 Å². The fourth-order valence-corrected chi connectivity index (χ4v) is 6.06. The van der Waals surface area contributed by atoms with Crippen molar-refractivity contribution in [1.82, 2.24) is 15.8 Å². The van der Waals surface area contributed by atoms with Gasteiger partial charge in [0.25, 0.3) is 0 Å². The molecule has 0 aromatic carbocycles. The fourth-order valence-electron chi connectivity index (χ4n) is 6.06. The molecule has 4 fully saturated rings. The Morgan fingerprint density at radius 1 is 0.808 bits per heavy atom. The Hall–Kier alpha value is -0.160. The zero-order valence-corrected chi connectivity index (χ0v) is 16.9. The van der Waals surface area contributed by atoms with Crippen LogP contribution in [0.3, 0.4) is 0 Å². The highest BCUT2D eigenvalue weighted by Crippen LogP contribution is 2.35. The molecule has 6 unspecified atom stereocenters. The van der Waals surface area contributed by atoms with Crippen LogP contribution in [0.2, 0.25) is 0 Å². The summed E-state index contributed by atoms with van der Waals surface area (Å²) in [5.41, 5.74) is 3.68. The van der Waals surface area contributed by atoms with Crippen LogP contribution in [-0.2, 0) is 4.74 Å². The van der Waals surface area contributed by atoms with E-state index in [4.69, 9.17) is 4.74 Å². The van der Waals surface area contributed by atoms with Gasteiger partial charge >= 0.3 is 0 Å². The fraction of sp³-hybridized carbons (Fsp3) is 1.00. The molecule has 2 N–H and O–H groups in total. The van der Waals surface area contributed by atoms with Crippen LogP contribution in [0.4, 0.5) is 0 Å². The minimum absolute atomic E-state index is 0.450. The molecule has 4 heteroatoms. The first-order chi connectivity index (χ1) is 12.8. The Morgan fingerprint density at radius 2 is 1.62 bits per heavy atom. The molecule has 0 spiro atoms. The number of rotatable bonds is 0. The van der Waals surface area contributed by atoms with E-state index in [1.807, 2.05) is 0 Å². The normalized spacial score (nSPS) is 45.8. The zero-order chi connectivity index (χ0) is 17.8. The van der Waals surface area contributed by atoms with Gasteiger partial charge in [-0.1, -0.05) is 12.8 Å². The van der Waals surface area contributed by atoms with Crippen LogP contribution in [0.25, 0.3) is 0 Å². The molecule has 0 amide bonds. The number of hydrogen-bond acceptors (Lipinski definition) is 4. The highest BCUT2D eigenvalue weighted by Gasteiger charge is 2.32. The largest absolute Gasteiger partial charge is 0.375 e. The van der Waals surface area contributed by atoms with E-state index < -0.39 is 0 Å². The molecule has 2 aliphatic heterocycles. The topological polar surface area (TPSA) is 36.5 Å². The maximum atomic E-state index is 6.65. The van der Waals surface area contributed by atoms with Gasteiger partial charge in [0, 0.05) is 19.6 Å². The quantitative estimate of drug-likeness (QED) is 0.690. The molecule has 4 aliphatic rings. The monoisotopic (exact) mass is 363 g/mol. The van der Waals surface area contributed by atoms with Gasteiger partial charge in [-0.25, -0.2) is 5.01 Å². The molecule has 26 heavy (non-hydrogen) atoms. The Kier molecular flexibility index (Phi) is 6.90. The van der Waals surface area contributed by atoms with Crippen LogP contribution in [0.15, 0.2) is 0 Å². The Labute approximate surface area is 160 Å².